The smallest absolute Gasteiger partial charge is 0.163 e. The van der Waals surface area contributed by atoms with Crippen molar-refractivity contribution in [3.8, 4) is 0 Å². The summed E-state index contributed by atoms with van der Waals surface area (Å²) < 4.78 is 11.0. The van der Waals surface area contributed by atoms with Crippen molar-refractivity contribution in [2.45, 2.75) is 56.4 Å². The first kappa shape index (κ1) is 16.6. The van der Waals surface area contributed by atoms with Crippen LogP contribution in [0.2, 0.25) is 0 Å². The van der Waals surface area contributed by atoms with Gasteiger partial charge in [-0.3, -0.25) is 0 Å². The highest BCUT2D eigenvalue weighted by atomic mass is 32.2. The Kier molecular flexibility index (Phi) is 6.78. The van der Waals surface area contributed by atoms with Crippen LogP contribution in [0.4, 0.5) is 0 Å². The molecular formula is C12H24O4S2. The Labute approximate surface area is 118 Å². The van der Waals surface area contributed by atoms with Crippen LogP contribution >= 0.6 is 23.5 Å². The second-order valence-corrected chi connectivity index (χ2v) is 7.76. The van der Waals surface area contributed by atoms with Crippen molar-refractivity contribution in [3.05, 3.63) is 0 Å². The summed E-state index contributed by atoms with van der Waals surface area (Å²) in [5.74, 6) is 1.15. The number of hydrogen-bond acceptors (Lipinski definition) is 6. The third-order valence-corrected chi connectivity index (χ3v) is 5.40. The van der Waals surface area contributed by atoms with E-state index in [2.05, 4.69) is 0 Å². The summed E-state index contributed by atoms with van der Waals surface area (Å²) >= 11 is 3.31. The first-order valence-corrected chi connectivity index (χ1v) is 8.42. The minimum atomic E-state index is -0.908. The monoisotopic (exact) mass is 296 g/mol. The molecule has 3 atom stereocenters. The first-order valence-electron chi connectivity index (χ1n) is 6.32. The zero-order valence-corrected chi connectivity index (χ0v) is 13.1. The second-order valence-electron chi connectivity index (χ2n) is 4.63. The molecule has 0 amide bonds. The highest BCUT2D eigenvalue weighted by Crippen LogP contribution is 2.32. The third kappa shape index (κ3) is 4.58. The van der Waals surface area contributed by atoms with Crippen molar-refractivity contribution < 1.29 is 19.7 Å². The van der Waals surface area contributed by atoms with Crippen molar-refractivity contribution in [2.75, 3.05) is 18.1 Å². The van der Waals surface area contributed by atoms with Crippen molar-refractivity contribution >= 4 is 23.5 Å². The van der Waals surface area contributed by atoms with Gasteiger partial charge in [0.25, 0.3) is 0 Å². The number of hydrogen-bond donors (Lipinski definition) is 2. The van der Waals surface area contributed by atoms with E-state index in [1.165, 1.54) is 0 Å². The van der Waals surface area contributed by atoms with E-state index in [4.69, 9.17) is 9.47 Å². The fourth-order valence-electron chi connectivity index (χ4n) is 1.84. The lowest BCUT2D eigenvalue weighted by atomic mass is 10.1. The maximum Gasteiger partial charge on any atom is 0.163 e. The first-order chi connectivity index (χ1) is 8.41. The van der Waals surface area contributed by atoms with E-state index in [1.54, 1.807) is 23.5 Å². The van der Waals surface area contributed by atoms with Crippen LogP contribution in [0.25, 0.3) is 0 Å². The van der Waals surface area contributed by atoms with Crippen molar-refractivity contribution in [1.82, 2.24) is 0 Å². The molecule has 0 bridgehead atoms. The van der Waals surface area contributed by atoms with Gasteiger partial charge in [0.2, 0.25) is 0 Å². The standard InChI is InChI=1S/C12H24O4S2/c1-5-17-11(18-6-2)10(14)9(13)8-7-15-12(3,4)16-8/h8-11,13-14H,5-7H2,1-4H3/t8-,9-,10-/m1/s1. The van der Waals surface area contributed by atoms with E-state index in [0.29, 0.717) is 6.61 Å². The summed E-state index contributed by atoms with van der Waals surface area (Å²) in [6.07, 6.45) is -2.16. The summed E-state index contributed by atoms with van der Waals surface area (Å²) in [6.45, 7) is 8.04. The van der Waals surface area contributed by atoms with Gasteiger partial charge in [0.1, 0.15) is 18.3 Å². The molecule has 0 aromatic carbocycles. The van der Waals surface area contributed by atoms with Crippen LogP contribution in [0.3, 0.4) is 0 Å². The maximum atomic E-state index is 10.2. The fraction of sp³-hybridized carbons (Fsp3) is 1.00. The molecule has 0 radical (unpaired) electrons. The van der Waals surface area contributed by atoms with Crippen LogP contribution in [0.5, 0.6) is 0 Å². The lowest BCUT2D eigenvalue weighted by molar-refractivity contribution is -0.159. The maximum absolute atomic E-state index is 10.2. The zero-order chi connectivity index (χ0) is 13.8. The van der Waals surface area contributed by atoms with Gasteiger partial charge in [-0.05, 0) is 25.4 Å². The Morgan fingerprint density at radius 1 is 1.22 bits per heavy atom. The number of ether oxygens (including phenoxy) is 2. The Balaban J connectivity index is 2.55. The molecule has 0 aliphatic carbocycles. The molecule has 1 saturated heterocycles. The lowest BCUT2D eigenvalue weighted by Crippen LogP contribution is -2.44. The van der Waals surface area contributed by atoms with E-state index in [0.717, 1.165) is 11.5 Å². The molecule has 1 heterocycles. The van der Waals surface area contributed by atoms with Gasteiger partial charge < -0.3 is 19.7 Å². The van der Waals surface area contributed by atoms with Crippen LogP contribution in [0.1, 0.15) is 27.7 Å². The predicted molar refractivity (Wildman–Crippen MR) is 77.0 cm³/mol. The summed E-state index contributed by atoms with van der Waals surface area (Å²) in [7, 11) is 0. The lowest BCUT2D eigenvalue weighted by Gasteiger charge is -2.28. The van der Waals surface area contributed by atoms with E-state index in [-0.39, 0.29) is 4.58 Å². The number of aliphatic hydroxyl groups excluding tert-OH is 2. The summed E-state index contributed by atoms with van der Waals surface area (Å²) in [4.78, 5) is 0. The van der Waals surface area contributed by atoms with E-state index >= 15 is 0 Å². The number of aliphatic hydroxyl groups is 2. The van der Waals surface area contributed by atoms with Gasteiger partial charge >= 0.3 is 0 Å². The molecule has 0 aromatic heterocycles. The van der Waals surface area contributed by atoms with E-state index in [9.17, 15) is 10.2 Å². The molecule has 1 rings (SSSR count). The van der Waals surface area contributed by atoms with Gasteiger partial charge in [0.15, 0.2) is 5.79 Å². The Hall–Kier alpha value is 0.540. The molecule has 1 fully saturated rings. The molecule has 4 nitrogen and oxygen atoms in total. The van der Waals surface area contributed by atoms with Gasteiger partial charge in [-0.1, -0.05) is 13.8 Å². The molecule has 6 heteroatoms. The van der Waals surface area contributed by atoms with Gasteiger partial charge in [-0.2, -0.15) is 0 Å². The molecule has 1 aliphatic heterocycles. The number of thioether (sulfide) groups is 2. The van der Waals surface area contributed by atoms with E-state index in [1.807, 2.05) is 27.7 Å². The van der Waals surface area contributed by atoms with Crippen molar-refractivity contribution in [1.29, 1.82) is 0 Å². The molecule has 108 valence electrons. The zero-order valence-electron chi connectivity index (χ0n) is 11.5. The van der Waals surface area contributed by atoms with Crippen molar-refractivity contribution in [2.24, 2.45) is 0 Å². The van der Waals surface area contributed by atoms with Crippen LogP contribution in [0, 0.1) is 0 Å². The largest absolute Gasteiger partial charge is 0.388 e. The van der Waals surface area contributed by atoms with Gasteiger partial charge in [-0.15, -0.1) is 23.5 Å². The average Bonchev–Trinajstić information content (AvgIpc) is 2.67. The van der Waals surface area contributed by atoms with Gasteiger partial charge in [0.05, 0.1) is 11.2 Å². The third-order valence-electron chi connectivity index (χ3n) is 2.70. The summed E-state index contributed by atoms with van der Waals surface area (Å²) in [6, 6.07) is 0. The Morgan fingerprint density at radius 2 is 1.78 bits per heavy atom. The number of rotatable bonds is 7. The summed E-state index contributed by atoms with van der Waals surface area (Å²) in [5.41, 5.74) is 0. The van der Waals surface area contributed by atoms with E-state index < -0.39 is 24.1 Å². The van der Waals surface area contributed by atoms with Crippen LogP contribution < -0.4 is 0 Å². The highest BCUT2D eigenvalue weighted by molar-refractivity contribution is 8.17. The average molecular weight is 296 g/mol. The fourth-order valence-corrected chi connectivity index (χ4v) is 4.41. The molecule has 0 saturated carbocycles. The quantitative estimate of drug-likeness (QED) is 0.697. The topological polar surface area (TPSA) is 58.9 Å². The minimum absolute atomic E-state index is 0.0256. The molecule has 2 N–H and O–H groups in total. The normalized spacial score (nSPS) is 26.5. The van der Waals surface area contributed by atoms with Crippen LogP contribution in [0.15, 0.2) is 0 Å². The summed E-state index contributed by atoms with van der Waals surface area (Å²) in [5, 5.41) is 20.4. The molecular weight excluding hydrogens is 272 g/mol. The van der Waals surface area contributed by atoms with Gasteiger partial charge in [-0.25, -0.2) is 0 Å². The Bertz CT molecular complexity index is 238. The van der Waals surface area contributed by atoms with Crippen LogP contribution in [-0.2, 0) is 9.47 Å². The van der Waals surface area contributed by atoms with Gasteiger partial charge in [0, 0.05) is 0 Å². The molecule has 0 aromatic rings. The minimum Gasteiger partial charge on any atom is -0.388 e. The second kappa shape index (κ2) is 7.36. The highest BCUT2D eigenvalue weighted by Gasteiger charge is 2.41. The molecule has 0 unspecified atom stereocenters. The SMILES string of the molecule is CCSC(SCC)[C@H](O)[C@H](O)[C@H]1COC(C)(C)O1. The molecule has 0 spiro atoms. The molecule has 1 aliphatic rings. The van der Waals surface area contributed by atoms with Crippen molar-refractivity contribution in [3.63, 3.8) is 0 Å². The van der Waals surface area contributed by atoms with Crippen LogP contribution in [-0.4, -0.2) is 57.0 Å². The Morgan fingerprint density at radius 3 is 2.17 bits per heavy atom. The predicted octanol–water partition coefficient (Wildman–Crippen LogP) is 1.69. The molecule has 18 heavy (non-hydrogen) atoms.